The Hall–Kier alpha value is -2.28. The number of nitrogens with two attached hydrogens (primary N) is 1. The van der Waals surface area contributed by atoms with E-state index in [-0.39, 0.29) is 11.9 Å². The van der Waals surface area contributed by atoms with Crippen LogP contribution in [0.1, 0.15) is 18.9 Å². The molecule has 0 radical (unpaired) electrons. The van der Waals surface area contributed by atoms with E-state index in [1.807, 2.05) is 18.2 Å². The highest BCUT2D eigenvalue weighted by Gasteiger charge is 2.02. The van der Waals surface area contributed by atoms with Crippen LogP contribution in [0.5, 0.6) is 0 Å². The van der Waals surface area contributed by atoms with Gasteiger partial charge in [0.25, 0.3) is 0 Å². The number of carbonyl (C=O) groups is 1. The Balaban J connectivity index is 2.54. The number of hydrogen-bond acceptors (Lipinski definition) is 3. The Morgan fingerprint density at radius 2 is 2.41 bits per heavy atom. The molecule has 0 aliphatic rings. The first kappa shape index (κ1) is 12.8. The molecule has 1 unspecified atom stereocenters. The van der Waals surface area contributed by atoms with E-state index in [1.54, 1.807) is 25.1 Å². The maximum absolute atomic E-state index is 11.4. The SMILES string of the molecule is CC(CC#N)NC(=O)/C=C/c1cccc(N)c1. The van der Waals surface area contributed by atoms with Gasteiger partial charge in [-0.1, -0.05) is 12.1 Å². The molecule has 0 aromatic heterocycles. The van der Waals surface area contributed by atoms with E-state index in [2.05, 4.69) is 5.32 Å². The van der Waals surface area contributed by atoms with E-state index in [9.17, 15) is 4.79 Å². The lowest BCUT2D eigenvalue weighted by atomic mass is 10.2. The monoisotopic (exact) mass is 229 g/mol. The fraction of sp³-hybridized carbons (Fsp3) is 0.231. The molecule has 1 aromatic rings. The number of rotatable bonds is 4. The summed E-state index contributed by atoms with van der Waals surface area (Å²) in [5.41, 5.74) is 7.14. The predicted octanol–water partition coefficient (Wildman–Crippen LogP) is 1.70. The van der Waals surface area contributed by atoms with Gasteiger partial charge in [0.05, 0.1) is 12.5 Å². The second-order valence-electron chi connectivity index (χ2n) is 3.78. The van der Waals surface area contributed by atoms with E-state index in [0.29, 0.717) is 12.1 Å². The molecule has 0 bridgehead atoms. The van der Waals surface area contributed by atoms with Gasteiger partial charge in [-0.3, -0.25) is 4.79 Å². The Morgan fingerprint density at radius 3 is 3.06 bits per heavy atom. The van der Waals surface area contributed by atoms with Crippen molar-refractivity contribution in [2.75, 3.05) is 5.73 Å². The lowest BCUT2D eigenvalue weighted by Crippen LogP contribution is -2.30. The Kier molecular flexibility index (Phi) is 4.77. The predicted molar refractivity (Wildman–Crippen MR) is 67.7 cm³/mol. The standard InChI is InChI=1S/C13H15N3O/c1-10(7-8-14)16-13(17)6-5-11-3-2-4-12(15)9-11/h2-6,9-10H,7,15H2,1H3,(H,16,17)/b6-5+. The largest absolute Gasteiger partial charge is 0.399 e. The molecule has 0 heterocycles. The van der Waals surface area contributed by atoms with Gasteiger partial charge in [0.2, 0.25) is 5.91 Å². The van der Waals surface area contributed by atoms with Gasteiger partial charge in [0.15, 0.2) is 0 Å². The summed E-state index contributed by atoms with van der Waals surface area (Å²) in [6, 6.07) is 9.11. The van der Waals surface area contributed by atoms with Crippen molar-refractivity contribution in [3.05, 3.63) is 35.9 Å². The van der Waals surface area contributed by atoms with Crippen LogP contribution in [0.25, 0.3) is 6.08 Å². The summed E-state index contributed by atoms with van der Waals surface area (Å²) >= 11 is 0. The Labute approximate surface area is 101 Å². The summed E-state index contributed by atoms with van der Waals surface area (Å²) in [7, 11) is 0. The van der Waals surface area contributed by atoms with Crippen LogP contribution in [-0.4, -0.2) is 11.9 Å². The molecule has 1 aromatic carbocycles. The molecule has 1 amide bonds. The quantitative estimate of drug-likeness (QED) is 0.609. The number of amides is 1. The van der Waals surface area contributed by atoms with Crippen LogP contribution in [0.2, 0.25) is 0 Å². The molecule has 0 spiro atoms. The molecule has 0 aliphatic carbocycles. The number of carbonyl (C=O) groups excluding carboxylic acids is 1. The third-order valence-electron chi connectivity index (χ3n) is 2.12. The van der Waals surface area contributed by atoms with Gasteiger partial charge in [-0.15, -0.1) is 0 Å². The third kappa shape index (κ3) is 4.85. The smallest absolute Gasteiger partial charge is 0.244 e. The van der Waals surface area contributed by atoms with E-state index in [0.717, 1.165) is 5.56 Å². The van der Waals surface area contributed by atoms with Crippen LogP contribution in [0.15, 0.2) is 30.3 Å². The van der Waals surface area contributed by atoms with Crippen molar-refractivity contribution in [3.8, 4) is 6.07 Å². The number of nitrogens with one attached hydrogen (secondary N) is 1. The zero-order chi connectivity index (χ0) is 12.7. The van der Waals surface area contributed by atoms with Crippen molar-refractivity contribution in [1.29, 1.82) is 5.26 Å². The van der Waals surface area contributed by atoms with Gasteiger partial charge >= 0.3 is 0 Å². The van der Waals surface area contributed by atoms with E-state index < -0.39 is 0 Å². The van der Waals surface area contributed by atoms with Crippen LogP contribution in [0, 0.1) is 11.3 Å². The first-order valence-corrected chi connectivity index (χ1v) is 5.33. The molecule has 3 N–H and O–H groups in total. The minimum atomic E-state index is -0.213. The third-order valence-corrected chi connectivity index (χ3v) is 2.12. The minimum absolute atomic E-state index is 0.141. The number of hydrogen-bond donors (Lipinski definition) is 2. The maximum atomic E-state index is 11.4. The Morgan fingerprint density at radius 1 is 1.65 bits per heavy atom. The number of benzene rings is 1. The molecule has 1 rings (SSSR count). The first-order chi connectivity index (χ1) is 8.11. The van der Waals surface area contributed by atoms with Crippen molar-refractivity contribution in [3.63, 3.8) is 0 Å². The molecule has 0 fully saturated rings. The molecule has 17 heavy (non-hydrogen) atoms. The van der Waals surface area contributed by atoms with Gasteiger partial charge in [-0.2, -0.15) is 5.26 Å². The van der Waals surface area contributed by atoms with Crippen molar-refractivity contribution in [1.82, 2.24) is 5.32 Å². The zero-order valence-corrected chi connectivity index (χ0v) is 9.68. The second-order valence-corrected chi connectivity index (χ2v) is 3.78. The normalized spacial score (nSPS) is 12.0. The van der Waals surface area contributed by atoms with Gasteiger partial charge in [-0.05, 0) is 30.7 Å². The number of nitrogens with zero attached hydrogens (tertiary/aromatic N) is 1. The minimum Gasteiger partial charge on any atom is -0.399 e. The van der Waals surface area contributed by atoms with E-state index in [1.165, 1.54) is 6.08 Å². The van der Waals surface area contributed by atoms with Gasteiger partial charge in [0, 0.05) is 17.8 Å². The highest BCUT2D eigenvalue weighted by Crippen LogP contribution is 2.07. The molecule has 4 heteroatoms. The zero-order valence-electron chi connectivity index (χ0n) is 9.68. The lowest BCUT2D eigenvalue weighted by molar-refractivity contribution is -0.116. The molecule has 0 saturated heterocycles. The molecule has 4 nitrogen and oxygen atoms in total. The first-order valence-electron chi connectivity index (χ1n) is 5.33. The van der Waals surface area contributed by atoms with Crippen molar-refractivity contribution in [2.45, 2.75) is 19.4 Å². The average Bonchev–Trinajstić information content (AvgIpc) is 2.27. The summed E-state index contributed by atoms with van der Waals surface area (Å²) in [4.78, 5) is 11.4. The van der Waals surface area contributed by atoms with Gasteiger partial charge in [-0.25, -0.2) is 0 Å². The lowest BCUT2D eigenvalue weighted by Gasteiger charge is -2.07. The van der Waals surface area contributed by atoms with Gasteiger partial charge < -0.3 is 11.1 Å². The molecule has 0 saturated carbocycles. The van der Waals surface area contributed by atoms with E-state index in [4.69, 9.17) is 11.0 Å². The molecular formula is C13H15N3O. The summed E-state index contributed by atoms with van der Waals surface area (Å²) < 4.78 is 0. The van der Waals surface area contributed by atoms with Crippen molar-refractivity contribution < 1.29 is 4.79 Å². The fourth-order valence-corrected chi connectivity index (χ4v) is 1.31. The topological polar surface area (TPSA) is 78.9 Å². The van der Waals surface area contributed by atoms with Gasteiger partial charge in [0.1, 0.15) is 0 Å². The fourth-order valence-electron chi connectivity index (χ4n) is 1.31. The molecule has 1 atom stereocenters. The average molecular weight is 229 g/mol. The Bertz CT molecular complexity index is 460. The van der Waals surface area contributed by atoms with Crippen LogP contribution >= 0.6 is 0 Å². The summed E-state index contributed by atoms with van der Waals surface area (Å²) in [6.45, 7) is 1.79. The summed E-state index contributed by atoms with van der Waals surface area (Å²) in [5.74, 6) is -0.213. The number of anilines is 1. The maximum Gasteiger partial charge on any atom is 0.244 e. The second kappa shape index (κ2) is 6.33. The van der Waals surface area contributed by atoms with E-state index >= 15 is 0 Å². The summed E-state index contributed by atoms with van der Waals surface area (Å²) in [5, 5.41) is 11.1. The molecule has 0 aliphatic heterocycles. The molecule has 88 valence electrons. The number of nitrogen functional groups attached to an aromatic ring is 1. The molecular weight excluding hydrogens is 214 g/mol. The highest BCUT2D eigenvalue weighted by atomic mass is 16.1. The summed E-state index contributed by atoms with van der Waals surface area (Å²) in [6.07, 6.45) is 3.42. The van der Waals surface area contributed by atoms with Crippen LogP contribution in [0.4, 0.5) is 5.69 Å². The number of nitriles is 1. The highest BCUT2D eigenvalue weighted by molar-refractivity contribution is 5.92. The van der Waals surface area contributed by atoms with Crippen LogP contribution in [-0.2, 0) is 4.79 Å². The van der Waals surface area contributed by atoms with Crippen LogP contribution < -0.4 is 11.1 Å². The van der Waals surface area contributed by atoms with Crippen molar-refractivity contribution in [2.24, 2.45) is 0 Å². The van der Waals surface area contributed by atoms with Crippen molar-refractivity contribution >= 4 is 17.7 Å². The van der Waals surface area contributed by atoms with Crippen LogP contribution in [0.3, 0.4) is 0 Å².